The second-order valence-corrected chi connectivity index (χ2v) is 7.57. The third-order valence-corrected chi connectivity index (χ3v) is 5.49. The van der Waals surface area contributed by atoms with Crippen LogP contribution < -0.4 is 19.9 Å². The van der Waals surface area contributed by atoms with E-state index < -0.39 is 11.6 Å². The van der Waals surface area contributed by atoms with Crippen LogP contribution in [0.5, 0.6) is 5.75 Å². The summed E-state index contributed by atoms with van der Waals surface area (Å²) in [6.07, 6.45) is 0.990. The van der Waals surface area contributed by atoms with Crippen LogP contribution >= 0.6 is 0 Å². The zero-order valence-electron chi connectivity index (χ0n) is 15.7. The van der Waals surface area contributed by atoms with E-state index in [1.165, 1.54) is 27.0 Å². The molecule has 1 amide bonds. The smallest absolute Gasteiger partial charge is 0.279 e. The fraction of sp³-hybridized carbons (Fsp3) is 0.381. The van der Waals surface area contributed by atoms with E-state index in [0.717, 1.165) is 63.6 Å². The fourth-order valence-corrected chi connectivity index (χ4v) is 3.96. The molecule has 4 rings (SSSR count). The molecule has 1 fully saturated rings. The van der Waals surface area contributed by atoms with Crippen LogP contribution in [0.15, 0.2) is 36.4 Å². The summed E-state index contributed by atoms with van der Waals surface area (Å²) in [5.41, 5.74) is 2.92. The maximum Gasteiger partial charge on any atom is 0.279 e. The molecule has 2 aromatic rings. The summed E-state index contributed by atoms with van der Waals surface area (Å²) in [4.78, 5) is 14.9. The van der Waals surface area contributed by atoms with Gasteiger partial charge in [-0.15, -0.1) is 0 Å². The third-order valence-electron chi connectivity index (χ3n) is 5.49. The molecule has 1 saturated heterocycles. The Morgan fingerprint density at radius 1 is 1.00 bits per heavy atom. The molecule has 2 aromatic carbocycles. The molecule has 2 aliphatic rings. The lowest BCUT2D eigenvalue weighted by atomic mass is 10.1. The van der Waals surface area contributed by atoms with Crippen molar-refractivity contribution in [2.75, 3.05) is 44.6 Å². The van der Waals surface area contributed by atoms with Crippen LogP contribution in [-0.2, 0) is 17.8 Å². The van der Waals surface area contributed by atoms with Gasteiger partial charge in [-0.05, 0) is 35.9 Å². The Kier molecular flexibility index (Phi) is 5.54. The van der Waals surface area contributed by atoms with Crippen LogP contribution in [0.2, 0.25) is 0 Å². The minimum Gasteiger partial charge on any atom is -0.493 e. The lowest BCUT2D eigenvalue weighted by Crippen LogP contribution is -3.28. The van der Waals surface area contributed by atoms with Crippen LogP contribution in [0, 0.1) is 11.6 Å². The summed E-state index contributed by atoms with van der Waals surface area (Å²) in [6.45, 7) is 5.93. The van der Waals surface area contributed by atoms with Gasteiger partial charge in [-0.1, -0.05) is 0 Å². The molecule has 2 aliphatic heterocycles. The number of carbonyl (C=O) groups is 1. The van der Waals surface area contributed by atoms with Crippen LogP contribution in [0.1, 0.15) is 11.1 Å². The van der Waals surface area contributed by atoms with Gasteiger partial charge in [-0.2, -0.15) is 0 Å². The van der Waals surface area contributed by atoms with Gasteiger partial charge in [0.25, 0.3) is 5.91 Å². The van der Waals surface area contributed by atoms with E-state index >= 15 is 0 Å². The number of quaternary nitrogens is 2. The van der Waals surface area contributed by atoms with Gasteiger partial charge in [-0.25, -0.2) is 8.78 Å². The first-order chi connectivity index (χ1) is 13.6. The molecule has 2 heterocycles. The van der Waals surface area contributed by atoms with Gasteiger partial charge in [0.15, 0.2) is 18.2 Å². The van der Waals surface area contributed by atoms with Crippen molar-refractivity contribution >= 4 is 11.6 Å². The highest BCUT2D eigenvalue weighted by molar-refractivity contribution is 5.91. The summed E-state index contributed by atoms with van der Waals surface area (Å²) >= 11 is 0. The van der Waals surface area contributed by atoms with Crippen molar-refractivity contribution < 1.29 is 28.1 Å². The Balaban J connectivity index is 1.23. The molecule has 28 heavy (non-hydrogen) atoms. The van der Waals surface area contributed by atoms with Crippen molar-refractivity contribution in [2.45, 2.75) is 13.0 Å². The summed E-state index contributed by atoms with van der Waals surface area (Å²) in [7, 11) is 0. The Hall–Kier alpha value is -2.51. The number of fused-ring (bicyclic) bond motifs is 1. The predicted octanol–water partition coefficient (Wildman–Crippen LogP) is -0.178. The number of hydrogen-bond donors (Lipinski definition) is 3. The number of rotatable bonds is 5. The number of ether oxygens (including phenoxy) is 1. The number of hydrogen-bond acceptors (Lipinski definition) is 2. The lowest BCUT2D eigenvalue weighted by molar-refractivity contribution is -1.02. The number of halogens is 2. The van der Waals surface area contributed by atoms with Gasteiger partial charge >= 0.3 is 0 Å². The largest absolute Gasteiger partial charge is 0.493 e. The molecule has 7 heteroatoms. The van der Waals surface area contributed by atoms with Crippen molar-refractivity contribution in [1.82, 2.24) is 0 Å². The van der Waals surface area contributed by atoms with Crippen molar-refractivity contribution in [3.05, 3.63) is 59.2 Å². The molecule has 5 nitrogen and oxygen atoms in total. The predicted molar refractivity (Wildman–Crippen MR) is 101 cm³/mol. The summed E-state index contributed by atoms with van der Waals surface area (Å²) in [6, 6.07) is 9.86. The number of carbonyl (C=O) groups excluding carboxylic acids is 1. The first-order valence-electron chi connectivity index (χ1n) is 9.73. The van der Waals surface area contributed by atoms with E-state index in [2.05, 4.69) is 23.5 Å². The molecular weight excluding hydrogens is 364 g/mol. The average molecular weight is 389 g/mol. The van der Waals surface area contributed by atoms with E-state index in [-0.39, 0.29) is 11.6 Å². The Morgan fingerprint density at radius 3 is 2.57 bits per heavy atom. The van der Waals surface area contributed by atoms with Gasteiger partial charge < -0.3 is 19.9 Å². The van der Waals surface area contributed by atoms with E-state index in [9.17, 15) is 13.6 Å². The first-order valence-corrected chi connectivity index (χ1v) is 9.73. The lowest BCUT2D eigenvalue weighted by Gasteiger charge is -2.29. The van der Waals surface area contributed by atoms with Crippen LogP contribution in [-0.4, -0.2) is 45.2 Å². The minimum atomic E-state index is -0.958. The molecule has 0 aliphatic carbocycles. The molecule has 0 aromatic heterocycles. The first kappa shape index (κ1) is 18.8. The van der Waals surface area contributed by atoms with E-state index in [4.69, 9.17) is 4.74 Å². The number of piperazine rings is 1. The zero-order chi connectivity index (χ0) is 19.5. The molecule has 0 spiro atoms. The Labute approximate surface area is 162 Å². The second-order valence-electron chi connectivity index (χ2n) is 7.57. The minimum absolute atomic E-state index is 0.178. The number of amides is 1. The number of benzene rings is 2. The molecule has 0 saturated carbocycles. The molecule has 0 radical (unpaired) electrons. The Bertz CT molecular complexity index is 867. The maximum absolute atomic E-state index is 13.2. The van der Waals surface area contributed by atoms with Crippen molar-refractivity contribution in [1.29, 1.82) is 0 Å². The fourth-order valence-electron chi connectivity index (χ4n) is 3.96. The highest BCUT2D eigenvalue weighted by Crippen LogP contribution is 2.25. The SMILES string of the molecule is O=C(C[NH+]1CC[NH+](Cc2ccc3c(c2)CCO3)CC1)Nc1ccc(F)c(F)c1. The summed E-state index contributed by atoms with van der Waals surface area (Å²) < 4.78 is 31.8. The van der Waals surface area contributed by atoms with Crippen LogP contribution in [0.3, 0.4) is 0 Å². The summed E-state index contributed by atoms with van der Waals surface area (Å²) in [5, 5.41) is 2.65. The molecule has 3 N–H and O–H groups in total. The molecule has 148 valence electrons. The zero-order valence-corrected chi connectivity index (χ0v) is 15.7. The molecule has 0 bridgehead atoms. The number of nitrogens with one attached hydrogen (secondary N) is 3. The maximum atomic E-state index is 13.2. The quantitative estimate of drug-likeness (QED) is 0.665. The van der Waals surface area contributed by atoms with Gasteiger partial charge in [0, 0.05) is 23.7 Å². The van der Waals surface area contributed by atoms with Crippen molar-refractivity contribution in [2.24, 2.45) is 0 Å². The highest BCUT2D eigenvalue weighted by Gasteiger charge is 2.25. The van der Waals surface area contributed by atoms with E-state index in [1.807, 2.05) is 0 Å². The van der Waals surface area contributed by atoms with Crippen LogP contribution in [0.25, 0.3) is 0 Å². The van der Waals surface area contributed by atoms with Gasteiger partial charge in [0.05, 0.1) is 6.61 Å². The van der Waals surface area contributed by atoms with Crippen molar-refractivity contribution in [3.8, 4) is 5.75 Å². The third kappa shape index (κ3) is 4.48. The highest BCUT2D eigenvalue weighted by atomic mass is 19.2. The second kappa shape index (κ2) is 8.24. The van der Waals surface area contributed by atoms with Crippen LogP contribution in [0.4, 0.5) is 14.5 Å². The topological polar surface area (TPSA) is 47.2 Å². The van der Waals surface area contributed by atoms with Crippen molar-refractivity contribution in [3.63, 3.8) is 0 Å². The monoisotopic (exact) mass is 389 g/mol. The van der Waals surface area contributed by atoms with Gasteiger partial charge in [0.2, 0.25) is 0 Å². The summed E-state index contributed by atoms with van der Waals surface area (Å²) in [5.74, 6) is -1.04. The molecule has 0 atom stereocenters. The normalized spacial score (nSPS) is 21.1. The van der Waals surface area contributed by atoms with Gasteiger partial charge in [0.1, 0.15) is 38.5 Å². The molecular formula is C21H25F2N3O2+2. The average Bonchev–Trinajstić information content (AvgIpc) is 3.14. The molecule has 0 unspecified atom stereocenters. The number of anilines is 1. The Morgan fingerprint density at radius 2 is 1.79 bits per heavy atom. The van der Waals surface area contributed by atoms with E-state index in [1.54, 1.807) is 0 Å². The van der Waals surface area contributed by atoms with Gasteiger partial charge in [-0.3, -0.25) is 4.79 Å². The standard InChI is InChI=1S/C21H23F2N3O2/c22-18-3-2-17(12-19(18)23)24-21(27)14-26-8-6-25(7-9-26)13-15-1-4-20-16(11-15)5-10-28-20/h1-4,11-12H,5-10,13-14H2,(H,24,27)/p+2. The van der Waals surface area contributed by atoms with E-state index in [0.29, 0.717) is 6.54 Å².